The lowest BCUT2D eigenvalue weighted by Crippen LogP contribution is -2.14. The van der Waals surface area contributed by atoms with Crippen LogP contribution in [0.5, 0.6) is 0 Å². The molecule has 0 aliphatic heterocycles. The van der Waals surface area contributed by atoms with E-state index in [1.54, 1.807) is 12.1 Å². The highest BCUT2D eigenvalue weighted by atomic mass is 19.1. The van der Waals surface area contributed by atoms with Crippen LogP contribution in [-0.4, -0.2) is 12.5 Å². The zero-order chi connectivity index (χ0) is 15.2. The Hall–Kier alpha value is -2.71. The van der Waals surface area contributed by atoms with Gasteiger partial charge < -0.3 is 11.1 Å². The van der Waals surface area contributed by atoms with Crippen LogP contribution in [0.4, 0.5) is 14.5 Å². The number of benzene rings is 2. The second kappa shape index (κ2) is 6.64. The van der Waals surface area contributed by atoms with E-state index in [2.05, 4.69) is 17.2 Å². The van der Waals surface area contributed by atoms with Crippen molar-refractivity contribution in [3.05, 3.63) is 65.2 Å². The van der Waals surface area contributed by atoms with E-state index in [1.165, 1.54) is 18.2 Å². The fourth-order valence-electron chi connectivity index (χ4n) is 1.66. The van der Waals surface area contributed by atoms with E-state index >= 15 is 0 Å². The van der Waals surface area contributed by atoms with E-state index in [0.717, 1.165) is 12.1 Å². The molecule has 0 saturated carbocycles. The van der Waals surface area contributed by atoms with Crippen LogP contribution in [0.3, 0.4) is 0 Å². The highest BCUT2D eigenvalue weighted by molar-refractivity contribution is 6.04. The molecule has 21 heavy (non-hydrogen) atoms. The summed E-state index contributed by atoms with van der Waals surface area (Å²) in [6.07, 6.45) is 0. The summed E-state index contributed by atoms with van der Waals surface area (Å²) in [7, 11) is 0. The van der Waals surface area contributed by atoms with Gasteiger partial charge in [-0.15, -0.1) is 0 Å². The van der Waals surface area contributed by atoms with Crippen LogP contribution in [0.15, 0.2) is 42.5 Å². The van der Waals surface area contributed by atoms with Gasteiger partial charge in [0.15, 0.2) is 0 Å². The van der Waals surface area contributed by atoms with E-state index < -0.39 is 23.2 Å². The number of rotatable bonds is 2. The third kappa shape index (κ3) is 3.65. The molecule has 0 unspecified atom stereocenters. The van der Waals surface area contributed by atoms with Gasteiger partial charge in [0.2, 0.25) is 0 Å². The lowest BCUT2D eigenvalue weighted by Gasteiger charge is -2.07. The second-order valence-electron chi connectivity index (χ2n) is 4.13. The Labute approximate surface area is 120 Å². The van der Waals surface area contributed by atoms with Crippen LogP contribution in [0, 0.1) is 23.5 Å². The van der Waals surface area contributed by atoms with Crippen molar-refractivity contribution >= 4 is 11.6 Å². The van der Waals surface area contributed by atoms with Crippen LogP contribution >= 0.6 is 0 Å². The minimum atomic E-state index is -0.825. The van der Waals surface area contributed by atoms with Crippen LogP contribution in [-0.2, 0) is 0 Å². The van der Waals surface area contributed by atoms with Crippen molar-refractivity contribution in [3.8, 4) is 11.8 Å². The standard InChI is InChI=1S/C16H12F2N2O/c17-13-4-1-5-14(18)15(13)20-16(21)12-8-6-11(7-9-12)3-2-10-19/h1,4-9H,10,19H2,(H,20,21). The van der Waals surface area contributed by atoms with Crippen molar-refractivity contribution in [3.63, 3.8) is 0 Å². The number of hydrogen-bond acceptors (Lipinski definition) is 2. The average molecular weight is 286 g/mol. The van der Waals surface area contributed by atoms with Gasteiger partial charge in [-0.2, -0.15) is 0 Å². The van der Waals surface area contributed by atoms with Crippen LogP contribution < -0.4 is 11.1 Å². The Morgan fingerprint density at radius 3 is 2.29 bits per heavy atom. The van der Waals surface area contributed by atoms with Crippen molar-refractivity contribution in [2.45, 2.75) is 0 Å². The number of halogens is 2. The van der Waals surface area contributed by atoms with Crippen molar-refractivity contribution in [1.82, 2.24) is 0 Å². The van der Waals surface area contributed by atoms with E-state index in [1.807, 2.05) is 0 Å². The van der Waals surface area contributed by atoms with Crippen LogP contribution in [0.1, 0.15) is 15.9 Å². The summed E-state index contributed by atoms with van der Waals surface area (Å²) in [5.41, 5.74) is 5.77. The Bertz CT molecular complexity index is 695. The molecule has 0 fully saturated rings. The molecule has 2 aromatic rings. The first-order valence-corrected chi connectivity index (χ1v) is 6.16. The summed E-state index contributed by atoms with van der Waals surface area (Å²) in [6.45, 7) is 0.245. The monoisotopic (exact) mass is 286 g/mol. The Morgan fingerprint density at radius 1 is 1.10 bits per heavy atom. The van der Waals surface area contributed by atoms with Gasteiger partial charge in [0, 0.05) is 11.1 Å². The number of nitrogens with one attached hydrogen (secondary N) is 1. The van der Waals surface area contributed by atoms with Crippen LogP contribution in [0.2, 0.25) is 0 Å². The zero-order valence-corrected chi connectivity index (χ0v) is 11.0. The maximum Gasteiger partial charge on any atom is 0.255 e. The summed E-state index contributed by atoms with van der Waals surface area (Å²) >= 11 is 0. The van der Waals surface area contributed by atoms with E-state index in [9.17, 15) is 13.6 Å². The van der Waals surface area contributed by atoms with Gasteiger partial charge in [-0.3, -0.25) is 4.79 Å². The summed E-state index contributed by atoms with van der Waals surface area (Å²) < 4.78 is 26.9. The fourth-order valence-corrected chi connectivity index (χ4v) is 1.66. The predicted molar refractivity (Wildman–Crippen MR) is 76.7 cm³/mol. The smallest absolute Gasteiger partial charge is 0.255 e. The minimum absolute atomic E-state index is 0.245. The number of amides is 1. The number of anilines is 1. The van der Waals surface area contributed by atoms with Gasteiger partial charge in [0.1, 0.15) is 17.3 Å². The van der Waals surface area contributed by atoms with Crippen molar-refractivity contribution in [2.75, 3.05) is 11.9 Å². The molecule has 0 atom stereocenters. The van der Waals surface area contributed by atoms with Crippen molar-refractivity contribution < 1.29 is 13.6 Å². The van der Waals surface area contributed by atoms with Gasteiger partial charge in [0.05, 0.1) is 6.54 Å². The molecule has 0 aliphatic rings. The van der Waals surface area contributed by atoms with Crippen molar-refractivity contribution in [1.29, 1.82) is 0 Å². The first-order chi connectivity index (χ1) is 10.1. The first kappa shape index (κ1) is 14.7. The third-order valence-electron chi connectivity index (χ3n) is 2.68. The molecule has 0 radical (unpaired) electrons. The number of nitrogens with two attached hydrogens (primary N) is 1. The molecule has 106 valence electrons. The second-order valence-corrected chi connectivity index (χ2v) is 4.13. The van der Waals surface area contributed by atoms with Gasteiger partial charge in [-0.05, 0) is 36.4 Å². The SMILES string of the molecule is NCC#Cc1ccc(C(=O)Nc2c(F)cccc2F)cc1. The van der Waals surface area contributed by atoms with Crippen LogP contribution in [0.25, 0.3) is 0 Å². The third-order valence-corrected chi connectivity index (χ3v) is 2.68. The minimum Gasteiger partial charge on any atom is -0.320 e. The largest absolute Gasteiger partial charge is 0.320 e. The summed E-state index contributed by atoms with van der Waals surface area (Å²) in [6, 6.07) is 9.69. The highest BCUT2D eigenvalue weighted by Gasteiger charge is 2.13. The number of hydrogen-bond donors (Lipinski definition) is 2. The molecule has 5 heteroatoms. The molecule has 0 bridgehead atoms. The average Bonchev–Trinajstić information content (AvgIpc) is 2.49. The maximum atomic E-state index is 13.4. The molecule has 2 rings (SSSR count). The van der Waals surface area contributed by atoms with Gasteiger partial charge in [0.25, 0.3) is 5.91 Å². The quantitative estimate of drug-likeness (QED) is 0.834. The van der Waals surface area contributed by atoms with Gasteiger partial charge >= 0.3 is 0 Å². The topological polar surface area (TPSA) is 55.1 Å². The molecule has 0 aliphatic carbocycles. The fraction of sp³-hybridized carbons (Fsp3) is 0.0625. The molecule has 2 aromatic carbocycles. The molecule has 3 nitrogen and oxygen atoms in total. The molecule has 1 amide bonds. The van der Waals surface area contributed by atoms with E-state index in [4.69, 9.17) is 5.73 Å². The Morgan fingerprint density at radius 2 is 1.71 bits per heavy atom. The Balaban J connectivity index is 2.17. The lowest BCUT2D eigenvalue weighted by molar-refractivity contribution is 0.102. The molecule has 0 aromatic heterocycles. The lowest BCUT2D eigenvalue weighted by atomic mass is 10.1. The highest BCUT2D eigenvalue weighted by Crippen LogP contribution is 2.19. The molecule has 3 N–H and O–H groups in total. The van der Waals surface area contributed by atoms with E-state index in [0.29, 0.717) is 5.56 Å². The van der Waals surface area contributed by atoms with Crippen molar-refractivity contribution in [2.24, 2.45) is 5.73 Å². The molecular formula is C16H12F2N2O. The zero-order valence-electron chi connectivity index (χ0n) is 11.0. The maximum absolute atomic E-state index is 13.4. The number of carbonyl (C=O) groups is 1. The van der Waals surface area contributed by atoms with Gasteiger partial charge in [-0.1, -0.05) is 17.9 Å². The summed E-state index contributed by atoms with van der Waals surface area (Å²) in [5, 5.41) is 2.21. The molecule has 0 spiro atoms. The van der Waals surface area contributed by atoms with E-state index in [-0.39, 0.29) is 12.1 Å². The van der Waals surface area contributed by atoms with Gasteiger partial charge in [-0.25, -0.2) is 8.78 Å². The summed E-state index contributed by atoms with van der Waals surface area (Å²) in [4.78, 5) is 11.9. The number of para-hydroxylation sites is 1. The molecule has 0 saturated heterocycles. The first-order valence-electron chi connectivity index (χ1n) is 6.16. The normalized spacial score (nSPS) is 9.67. The number of carbonyl (C=O) groups excluding carboxylic acids is 1. The summed E-state index contributed by atoms with van der Waals surface area (Å²) in [5.74, 6) is 3.25. The predicted octanol–water partition coefficient (Wildman–Crippen LogP) is 2.53. The molecular weight excluding hydrogens is 274 g/mol. The Kier molecular flexibility index (Phi) is 4.64. The molecule has 0 heterocycles.